The van der Waals surface area contributed by atoms with Crippen molar-refractivity contribution in [2.75, 3.05) is 5.32 Å². The van der Waals surface area contributed by atoms with Crippen LogP contribution in [0.5, 0.6) is 0 Å². The lowest BCUT2D eigenvalue weighted by Gasteiger charge is -2.26. The first kappa shape index (κ1) is 15.3. The fourth-order valence-electron chi connectivity index (χ4n) is 2.51. The summed E-state index contributed by atoms with van der Waals surface area (Å²) in [6, 6.07) is 5.48. The van der Waals surface area contributed by atoms with Gasteiger partial charge in [-0.25, -0.2) is 0 Å². The van der Waals surface area contributed by atoms with Gasteiger partial charge in [0.25, 0.3) is 0 Å². The lowest BCUT2D eigenvalue weighted by molar-refractivity contribution is -0.122. The average Bonchev–Trinajstić information content (AvgIpc) is 2.91. The van der Waals surface area contributed by atoms with E-state index in [2.05, 4.69) is 42.3 Å². The van der Waals surface area contributed by atoms with Crippen LogP contribution in [0.2, 0.25) is 0 Å². The largest absolute Gasteiger partial charge is 0.409 e. The molecule has 1 aliphatic rings. The molecule has 0 saturated heterocycles. The molecular weight excluding hydrogens is 390 g/mol. The van der Waals surface area contributed by atoms with Crippen LogP contribution in [-0.2, 0) is 4.79 Å². The molecule has 1 aromatic carbocycles. The topological polar surface area (TPSA) is 87.7 Å². The number of amides is 1. The molecule has 0 aliphatic heterocycles. The number of nitrogens with one attached hydrogen (secondary N) is 1. The van der Waals surface area contributed by atoms with Crippen molar-refractivity contribution in [3.63, 3.8) is 0 Å². The van der Waals surface area contributed by atoms with Crippen LogP contribution in [-0.4, -0.2) is 17.0 Å². The summed E-state index contributed by atoms with van der Waals surface area (Å²) in [4.78, 5) is 12.6. The van der Waals surface area contributed by atoms with Crippen LogP contribution in [0.15, 0.2) is 32.3 Å². The standard InChI is InChI=1S/C13H15Br2N3O2/c14-8-3-4-10(9(15)7-8)17-12(19)13(11(16)18-20)5-1-2-6-13/h3-4,7,20H,1-2,5-6H2,(H2,16,18)(H,17,19). The number of nitrogens with zero attached hydrogens (tertiary/aromatic N) is 1. The summed E-state index contributed by atoms with van der Waals surface area (Å²) in [5.41, 5.74) is 5.51. The zero-order chi connectivity index (χ0) is 14.8. The molecule has 0 atom stereocenters. The Morgan fingerprint density at radius 2 is 2.00 bits per heavy atom. The van der Waals surface area contributed by atoms with Gasteiger partial charge >= 0.3 is 0 Å². The summed E-state index contributed by atoms with van der Waals surface area (Å²) in [5.74, 6) is -0.242. The fraction of sp³-hybridized carbons (Fsp3) is 0.385. The van der Waals surface area contributed by atoms with Crippen molar-refractivity contribution in [2.24, 2.45) is 16.3 Å². The molecule has 1 saturated carbocycles. The minimum absolute atomic E-state index is 0.0132. The second kappa shape index (κ2) is 6.13. The Morgan fingerprint density at radius 1 is 1.35 bits per heavy atom. The van der Waals surface area contributed by atoms with Gasteiger partial charge in [-0.3, -0.25) is 4.79 Å². The molecule has 2 rings (SSSR count). The van der Waals surface area contributed by atoms with Gasteiger partial charge in [0.1, 0.15) is 5.41 Å². The Balaban J connectivity index is 2.26. The second-order valence-electron chi connectivity index (χ2n) is 4.85. The van der Waals surface area contributed by atoms with Crippen molar-refractivity contribution in [1.82, 2.24) is 0 Å². The third-order valence-corrected chi connectivity index (χ3v) is 4.82. The molecule has 4 N–H and O–H groups in total. The van der Waals surface area contributed by atoms with Gasteiger partial charge in [0.05, 0.1) is 5.69 Å². The van der Waals surface area contributed by atoms with E-state index in [-0.39, 0.29) is 11.7 Å². The molecule has 108 valence electrons. The maximum atomic E-state index is 12.6. The van der Waals surface area contributed by atoms with E-state index < -0.39 is 5.41 Å². The molecule has 0 bridgehead atoms. The molecule has 0 spiro atoms. The Hall–Kier alpha value is -1.08. The fourth-order valence-corrected chi connectivity index (χ4v) is 3.65. The van der Waals surface area contributed by atoms with E-state index in [4.69, 9.17) is 10.9 Å². The first-order chi connectivity index (χ1) is 9.49. The Morgan fingerprint density at radius 3 is 2.55 bits per heavy atom. The van der Waals surface area contributed by atoms with Crippen molar-refractivity contribution < 1.29 is 10.0 Å². The summed E-state index contributed by atoms with van der Waals surface area (Å²) < 4.78 is 1.68. The zero-order valence-corrected chi connectivity index (χ0v) is 13.9. The number of carbonyl (C=O) groups excluding carboxylic acids is 1. The van der Waals surface area contributed by atoms with Crippen LogP contribution in [0.3, 0.4) is 0 Å². The molecule has 1 fully saturated rings. The number of benzene rings is 1. The third kappa shape index (κ3) is 2.83. The van der Waals surface area contributed by atoms with Crippen molar-refractivity contribution in [3.05, 3.63) is 27.1 Å². The number of rotatable bonds is 3. The highest BCUT2D eigenvalue weighted by Gasteiger charge is 2.45. The molecule has 0 radical (unpaired) electrons. The van der Waals surface area contributed by atoms with Crippen molar-refractivity contribution in [1.29, 1.82) is 0 Å². The van der Waals surface area contributed by atoms with Crippen LogP contribution < -0.4 is 11.1 Å². The lowest BCUT2D eigenvalue weighted by atomic mass is 9.83. The summed E-state index contributed by atoms with van der Waals surface area (Å²) in [7, 11) is 0. The van der Waals surface area contributed by atoms with Gasteiger partial charge in [-0.05, 0) is 47.0 Å². The molecule has 20 heavy (non-hydrogen) atoms. The molecule has 1 aliphatic carbocycles. The number of oxime groups is 1. The molecule has 0 aromatic heterocycles. The molecule has 1 amide bonds. The number of anilines is 1. The summed E-state index contributed by atoms with van der Waals surface area (Å²) in [6.07, 6.45) is 2.99. The van der Waals surface area contributed by atoms with Gasteiger partial charge in [-0.2, -0.15) is 0 Å². The van der Waals surface area contributed by atoms with Crippen LogP contribution in [0.1, 0.15) is 25.7 Å². The molecule has 1 aromatic rings. The Bertz CT molecular complexity index is 555. The molecule has 5 nitrogen and oxygen atoms in total. The number of carbonyl (C=O) groups is 1. The number of hydrogen-bond acceptors (Lipinski definition) is 3. The number of nitrogens with two attached hydrogens (primary N) is 1. The van der Waals surface area contributed by atoms with Crippen molar-refractivity contribution in [2.45, 2.75) is 25.7 Å². The third-order valence-electron chi connectivity index (χ3n) is 3.67. The van der Waals surface area contributed by atoms with Gasteiger partial charge < -0.3 is 16.3 Å². The highest BCUT2D eigenvalue weighted by molar-refractivity contribution is 9.11. The van der Waals surface area contributed by atoms with E-state index in [9.17, 15) is 4.79 Å². The lowest BCUT2D eigenvalue weighted by Crippen LogP contribution is -2.45. The predicted molar refractivity (Wildman–Crippen MR) is 84.8 cm³/mol. The van der Waals surface area contributed by atoms with Crippen LogP contribution >= 0.6 is 31.9 Å². The van der Waals surface area contributed by atoms with E-state index >= 15 is 0 Å². The van der Waals surface area contributed by atoms with Crippen molar-refractivity contribution in [3.8, 4) is 0 Å². The van der Waals surface area contributed by atoms with Gasteiger partial charge in [-0.1, -0.05) is 33.9 Å². The van der Waals surface area contributed by atoms with Crippen molar-refractivity contribution >= 4 is 49.3 Å². The maximum Gasteiger partial charge on any atom is 0.238 e. The highest BCUT2D eigenvalue weighted by atomic mass is 79.9. The Labute approximate surface area is 133 Å². The molecule has 0 unspecified atom stereocenters. The maximum absolute atomic E-state index is 12.6. The highest BCUT2D eigenvalue weighted by Crippen LogP contribution is 2.40. The smallest absolute Gasteiger partial charge is 0.238 e. The van der Waals surface area contributed by atoms with Gasteiger partial charge in [0.2, 0.25) is 5.91 Å². The summed E-state index contributed by atoms with van der Waals surface area (Å²) in [5, 5.41) is 14.8. The molecule has 0 heterocycles. The summed E-state index contributed by atoms with van der Waals surface area (Å²) in [6.45, 7) is 0. The van der Waals surface area contributed by atoms with E-state index in [1.165, 1.54) is 0 Å². The van der Waals surface area contributed by atoms with E-state index in [0.717, 1.165) is 21.8 Å². The number of halogens is 2. The monoisotopic (exact) mass is 403 g/mol. The minimum atomic E-state index is -0.902. The molecular formula is C13H15Br2N3O2. The summed E-state index contributed by atoms with van der Waals surface area (Å²) >= 11 is 6.76. The number of hydrogen-bond donors (Lipinski definition) is 3. The van der Waals surface area contributed by atoms with E-state index in [1.807, 2.05) is 12.1 Å². The van der Waals surface area contributed by atoms with Crippen LogP contribution in [0.4, 0.5) is 5.69 Å². The first-order valence-corrected chi connectivity index (χ1v) is 7.83. The van der Waals surface area contributed by atoms with Gasteiger partial charge in [0, 0.05) is 8.95 Å². The zero-order valence-electron chi connectivity index (χ0n) is 10.7. The van der Waals surface area contributed by atoms with E-state index in [1.54, 1.807) is 6.07 Å². The average molecular weight is 405 g/mol. The van der Waals surface area contributed by atoms with E-state index in [0.29, 0.717) is 18.5 Å². The Kier molecular flexibility index (Phi) is 4.70. The van der Waals surface area contributed by atoms with Gasteiger partial charge in [0.15, 0.2) is 5.84 Å². The SMILES string of the molecule is NC(=NO)C1(C(=O)Nc2ccc(Br)cc2Br)CCCC1. The predicted octanol–water partition coefficient (Wildman–Crippen LogP) is 3.46. The normalized spacial score (nSPS) is 18.0. The quantitative estimate of drug-likeness (QED) is 0.312. The number of amidine groups is 1. The van der Waals surface area contributed by atoms with Gasteiger partial charge in [-0.15, -0.1) is 0 Å². The molecule has 7 heteroatoms. The first-order valence-electron chi connectivity index (χ1n) is 6.24. The minimum Gasteiger partial charge on any atom is -0.409 e. The van der Waals surface area contributed by atoms with Crippen LogP contribution in [0.25, 0.3) is 0 Å². The van der Waals surface area contributed by atoms with Crippen LogP contribution in [0, 0.1) is 5.41 Å². The second-order valence-corrected chi connectivity index (χ2v) is 6.62.